The van der Waals surface area contributed by atoms with Gasteiger partial charge in [0.2, 0.25) is 5.91 Å². The molecule has 0 aliphatic carbocycles. The maximum absolute atomic E-state index is 13.4. The molecule has 1 amide bonds. The van der Waals surface area contributed by atoms with Crippen LogP contribution < -0.4 is 10.9 Å². The Morgan fingerprint density at radius 2 is 2.10 bits per heavy atom. The largest absolute Gasteiger partial charge is 0.325 e. The van der Waals surface area contributed by atoms with Gasteiger partial charge in [-0.3, -0.25) is 14.2 Å². The number of carbonyl (C=O) groups is 1. The van der Waals surface area contributed by atoms with Crippen molar-refractivity contribution in [3.63, 3.8) is 0 Å². The number of carbonyl (C=O) groups excluding carboxylic acids is 1. The quantitative estimate of drug-likeness (QED) is 0.316. The molecule has 160 valence electrons. The molecule has 3 heterocycles. The summed E-state index contributed by atoms with van der Waals surface area (Å²) in [6.07, 6.45) is 3.37. The zero-order chi connectivity index (χ0) is 22.0. The van der Waals surface area contributed by atoms with E-state index in [0.29, 0.717) is 21.9 Å². The second-order valence-electron chi connectivity index (χ2n) is 6.81. The van der Waals surface area contributed by atoms with Crippen molar-refractivity contribution in [2.75, 3.05) is 11.1 Å². The lowest BCUT2D eigenvalue weighted by molar-refractivity contribution is -0.113. The zero-order valence-electron chi connectivity index (χ0n) is 16.5. The van der Waals surface area contributed by atoms with E-state index in [-0.39, 0.29) is 17.0 Å². The Bertz CT molecular complexity index is 1340. The summed E-state index contributed by atoms with van der Waals surface area (Å²) in [6.45, 7) is 2.52. The lowest BCUT2D eigenvalue weighted by atomic mass is 10.3. The van der Waals surface area contributed by atoms with Gasteiger partial charge in [0.15, 0.2) is 16.8 Å². The number of benzene rings is 1. The minimum absolute atomic E-state index is 0.0383. The van der Waals surface area contributed by atoms with Crippen LogP contribution in [0.25, 0.3) is 20.4 Å². The van der Waals surface area contributed by atoms with E-state index in [0.717, 1.165) is 47.0 Å². The van der Waals surface area contributed by atoms with Gasteiger partial charge in [0.25, 0.3) is 5.56 Å². The van der Waals surface area contributed by atoms with Crippen LogP contribution in [0.4, 0.5) is 14.5 Å². The molecule has 0 aliphatic rings. The van der Waals surface area contributed by atoms with E-state index in [1.165, 1.54) is 17.4 Å². The minimum Gasteiger partial charge on any atom is -0.325 e. The molecule has 1 N–H and O–H groups in total. The van der Waals surface area contributed by atoms with Gasteiger partial charge in [-0.2, -0.15) is 0 Å². The molecule has 1 aromatic carbocycles. The number of pyridine rings is 1. The second kappa shape index (κ2) is 9.11. The average molecular weight is 461 g/mol. The van der Waals surface area contributed by atoms with Crippen LogP contribution in [0.5, 0.6) is 0 Å². The molecule has 0 aliphatic heterocycles. The summed E-state index contributed by atoms with van der Waals surface area (Å²) in [5.41, 5.74) is 0.588. The highest BCUT2D eigenvalue weighted by Gasteiger charge is 2.17. The van der Waals surface area contributed by atoms with E-state index in [2.05, 4.69) is 15.3 Å². The Hall–Kier alpha value is -2.85. The summed E-state index contributed by atoms with van der Waals surface area (Å²) in [5, 5.41) is 3.77. The number of rotatable bonds is 7. The van der Waals surface area contributed by atoms with Crippen LogP contribution in [0, 0.1) is 11.6 Å². The number of nitrogens with one attached hydrogen (secondary N) is 1. The molecule has 0 atom stereocenters. The molecule has 0 saturated heterocycles. The van der Waals surface area contributed by atoms with Crippen molar-refractivity contribution in [1.29, 1.82) is 0 Å². The van der Waals surface area contributed by atoms with Crippen molar-refractivity contribution >= 4 is 55.1 Å². The molecule has 0 fully saturated rings. The average Bonchev–Trinajstić information content (AvgIpc) is 3.13. The van der Waals surface area contributed by atoms with Crippen LogP contribution >= 0.6 is 23.1 Å². The number of fused-ring (bicyclic) bond motifs is 3. The number of thioether (sulfide) groups is 1. The van der Waals surface area contributed by atoms with Crippen molar-refractivity contribution in [2.45, 2.75) is 31.5 Å². The smallest absolute Gasteiger partial charge is 0.272 e. The number of anilines is 1. The molecule has 31 heavy (non-hydrogen) atoms. The standard InChI is InChI=1S/C21H18F2N4O2S2/c1-2-3-9-27-20(29)18-17(13-5-4-8-24-19(13)31-18)26-21(27)30-11-16(28)25-12-6-7-14(22)15(23)10-12/h4-8,10H,2-3,9,11H2,1H3,(H,25,28). The fourth-order valence-electron chi connectivity index (χ4n) is 3.07. The SMILES string of the molecule is CCCCn1c(SCC(=O)Nc2ccc(F)c(F)c2)nc2c(sc3ncccc32)c1=O. The predicted octanol–water partition coefficient (Wildman–Crippen LogP) is 4.82. The molecule has 0 spiro atoms. The molecule has 6 nitrogen and oxygen atoms in total. The van der Waals surface area contributed by atoms with Crippen molar-refractivity contribution in [3.8, 4) is 0 Å². The van der Waals surface area contributed by atoms with Crippen LogP contribution in [-0.4, -0.2) is 26.2 Å². The minimum atomic E-state index is -1.04. The van der Waals surface area contributed by atoms with Crippen LogP contribution in [-0.2, 0) is 11.3 Å². The van der Waals surface area contributed by atoms with E-state index < -0.39 is 17.5 Å². The molecular weight excluding hydrogens is 442 g/mol. The zero-order valence-corrected chi connectivity index (χ0v) is 18.2. The summed E-state index contributed by atoms with van der Waals surface area (Å²) in [5.74, 6) is -2.47. The Morgan fingerprint density at radius 1 is 1.26 bits per heavy atom. The lowest BCUT2D eigenvalue weighted by Crippen LogP contribution is -2.23. The van der Waals surface area contributed by atoms with Crippen LogP contribution in [0.3, 0.4) is 0 Å². The summed E-state index contributed by atoms with van der Waals surface area (Å²) >= 11 is 2.44. The topological polar surface area (TPSA) is 76.9 Å². The first-order chi connectivity index (χ1) is 15.0. The third-order valence-corrected chi connectivity index (χ3v) is 6.66. The van der Waals surface area contributed by atoms with E-state index in [1.807, 2.05) is 13.0 Å². The van der Waals surface area contributed by atoms with Crippen LogP contribution in [0.2, 0.25) is 0 Å². The predicted molar refractivity (Wildman–Crippen MR) is 120 cm³/mol. The van der Waals surface area contributed by atoms with Gasteiger partial charge in [-0.05, 0) is 30.7 Å². The Balaban J connectivity index is 1.63. The molecule has 0 saturated carbocycles. The molecule has 4 aromatic rings. The van der Waals surface area contributed by atoms with Crippen LogP contribution in [0.1, 0.15) is 19.8 Å². The molecule has 0 unspecified atom stereocenters. The number of nitrogens with zero attached hydrogens (tertiary/aromatic N) is 3. The first-order valence-electron chi connectivity index (χ1n) is 9.63. The first kappa shape index (κ1) is 21.4. The monoisotopic (exact) mass is 460 g/mol. The van der Waals surface area contributed by atoms with Gasteiger partial charge < -0.3 is 5.32 Å². The Kier molecular flexibility index (Phi) is 6.28. The van der Waals surface area contributed by atoms with Gasteiger partial charge in [0.1, 0.15) is 9.53 Å². The number of amides is 1. The van der Waals surface area contributed by atoms with Crippen molar-refractivity contribution < 1.29 is 13.6 Å². The van der Waals surface area contributed by atoms with Gasteiger partial charge in [-0.1, -0.05) is 25.1 Å². The normalized spacial score (nSPS) is 11.3. The molecule has 0 bridgehead atoms. The molecule has 4 rings (SSSR count). The second-order valence-corrected chi connectivity index (χ2v) is 8.75. The molecular formula is C21H18F2N4O2S2. The van der Waals surface area contributed by atoms with E-state index in [4.69, 9.17) is 0 Å². The molecule has 10 heteroatoms. The number of halogens is 2. The van der Waals surface area contributed by atoms with Crippen molar-refractivity contribution in [3.05, 3.63) is 58.5 Å². The number of aromatic nitrogens is 3. The van der Waals surface area contributed by atoms with Gasteiger partial charge in [-0.25, -0.2) is 18.7 Å². The van der Waals surface area contributed by atoms with Gasteiger partial charge in [-0.15, -0.1) is 11.3 Å². The number of thiophene rings is 1. The maximum Gasteiger partial charge on any atom is 0.272 e. The third kappa shape index (κ3) is 4.45. The van der Waals surface area contributed by atoms with Crippen LogP contribution in [0.15, 0.2) is 46.5 Å². The molecule has 3 aromatic heterocycles. The number of unbranched alkanes of at least 4 members (excludes halogenated alkanes) is 1. The fraction of sp³-hybridized carbons (Fsp3) is 0.238. The Morgan fingerprint density at radius 3 is 2.87 bits per heavy atom. The highest BCUT2D eigenvalue weighted by molar-refractivity contribution is 7.99. The molecule has 0 radical (unpaired) electrons. The van der Waals surface area contributed by atoms with Gasteiger partial charge in [0, 0.05) is 29.9 Å². The van der Waals surface area contributed by atoms with Crippen molar-refractivity contribution in [2.24, 2.45) is 0 Å². The van der Waals surface area contributed by atoms with Crippen molar-refractivity contribution in [1.82, 2.24) is 14.5 Å². The highest BCUT2D eigenvalue weighted by atomic mass is 32.2. The summed E-state index contributed by atoms with van der Waals surface area (Å²) in [7, 11) is 0. The maximum atomic E-state index is 13.4. The summed E-state index contributed by atoms with van der Waals surface area (Å²) in [6, 6.07) is 6.82. The van der Waals surface area contributed by atoms with E-state index in [1.54, 1.807) is 16.8 Å². The van der Waals surface area contributed by atoms with Gasteiger partial charge >= 0.3 is 0 Å². The summed E-state index contributed by atoms with van der Waals surface area (Å²) in [4.78, 5) is 35.2. The fourth-order valence-corrected chi connectivity index (χ4v) is 4.92. The lowest BCUT2D eigenvalue weighted by Gasteiger charge is -2.12. The summed E-state index contributed by atoms with van der Waals surface area (Å²) < 4.78 is 28.6. The Labute approximate surface area is 184 Å². The van der Waals surface area contributed by atoms with E-state index >= 15 is 0 Å². The number of hydrogen-bond acceptors (Lipinski definition) is 6. The highest BCUT2D eigenvalue weighted by Crippen LogP contribution is 2.30. The van der Waals surface area contributed by atoms with E-state index in [9.17, 15) is 18.4 Å². The first-order valence-corrected chi connectivity index (χ1v) is 11.4. The number of hydrogen-bond donors (Lipinski definition) is 1. The third-order valence-electron chi connectivity index (χ3n) is 4.59. The van der Waals surface area contributed by atoms with Gasteiger partial charge in [0.05, 0.1) is 11.3 Å².